The standard InChI is InChI=1S/C17H23ClINO3/c1-17(2,3)23-16(21)20-8-4-5-12(10-20)11-22-13-6-7-15(19)14(18)9-13/h6-7,9,12H,4-5,8,10-11H2,1-3H3. The number of hydrogen-bond acceptors (Lipinski definition) is 3. The molecule has 128 valence electrons. The van der Waals surface area contributed by atoms with E-state index in [-0.39, 0.29) is 6.09 Å². The first-order valence-electron chi connectivity index (χ1n) is 7.80. The molecule has 0 bridgehead atoms. The van der Waals surface area contributed by atoms with Crippen LogP contribution >= 0.6 is 34.2 Å². The van der Waals surface area contributed by atoms with Crippen LogP contribution < -0.4 is 4.74 Å². The molecule has 1 atom stereocenters. The van der Waals surface area contributed by atoms with Gasteiger partial charge in [-0.25, -0.2) is 4.79 Å². The molecule has 1 aliphatic rings. The summed E-state index contributed by atoms with van der Waals surface area (Å²) in [4.78, 5) is 13.9. The van der Waals surface area contributed by atoms with Crippen molar-refractivity contribution in [3.63, 3.8) is 0 Å². The lowest BCUT2D eigenvalue weighted by Crippen LogP contribution is -2.44. The summed E-state index contributed by atoms with van der Waals surface area (Å²) >= 11 is 8.29. The van der Waals surface area contributed by atoms with Gasteiger partial charge in [0, 0.05) is 22.6 Å². The van der Waals surface area contributed by atoms with E-state index in [9.17, 15) is 4.79 Å². The number of carbonyl (C=O) groups excluding carboxylic acids is 1. The summed E-state index contributed by atoms with van der Waals surface area (Å²) in [5.41, 5.74) is -0.460. The third-order valence-corrected chi connectivity index (χ3v) is 5.12. The van der Waals surface area contributed by atoms with Crippen LogP contribution in [0.5, 0.6) is 5.75 Å². The van der Waals surface area contributed by atoms with Crippen LogP contribution in [0.1, 0.15) is 33.6 Å². The van der Waals surface area contributed by atoms with E-state index in [1.165, 1.54) is 0 Å². The Morgan fingerprint density at radius 2 is 2.17 bits per heavy atom. The second kappa shape index (κ2) is 7.92. The minimum absolute atomic E-state index is 0.237. The predicted octanol–water partition coefficient (Wildman–Crippen LogP) is 4.97. The van der Waals surface area contributed by atoms with Gasteiger partial charge in [0.15, 0.2) is 0 Å². The van der Waals surface area contributed by atoms with E-state index >= 15 is 0 Å². The van der Waals surface area contributed by atoms with Gasteiger partial charge in [-0.3, -0.25) is 0 Å². The molecular weight excluding hydrogens is 429 g/mol. The molecule has 4 nitrogen and oxygen atoms in total. The predicted molar refractivity (Wildman–Crippen MR) is 100 cm³/mol. The number of nitrogens with zero attached hydrogens (tertiary/aromatic N) is 1. The summed E-state index contributed by atoms with van der Waals surface area (Å²) in [6, 6.07) is 5.69. The molecule has 1 amide bonds. The van der Waals surface area contributed by atoms with Crippen molar-refractivity contribution in [2.75, 3.05) is 19.7 Å². The number of halogens is 2. The molecule has 1 aliphatic heterocycles. The largest absolute Gasteiger partial charge is 0.493 e. The smallest absolute Gasteiger partial charge is 0.410 e. The summed E-state index contributed by atoms with van der Waals surface area (Å²) in [6.45, 7) is 7.66. The van der Waals surface area contributed by atoms with Crippen LogP contribution in [0.2, 0.25) is 5.02 Å². The minimum Gasteiger partial charge on any atom is -0.493 e. The molecule has 0 aliphatic carbocycles. The number of carbonyl (C=O) groups is 1. The van der Waals surface area contributed by atoms with Crippen LogP contribution in [-0.4, -0.2) is 36.3 Å². The highest BCUT2D eigenvalue weighted by Crippen LogP contribution is 2.25. The number of hydrogen-bond donors (Lipinski definition) is 0. The van der Waals surface area contributed by atoms with E-state index in [4.69, 9.17) is 21.1 Å². The Labute approximate surface area is 156 Å². The topological polar surface area (TPSA) is 38.8 Å². The molecule has 1 aromatic carbocycles. The fourth-order valence-corrected chi connectivity index (χ4v) is 2.98. The SMILES string of the molecule is CC(C)(C)OC(=O)N1CCCC(COc2ccc(I)c(Cl)c2)C1. The van der Waals surface area contributed by atoms with Gasteiger partial charge in [0.05, 0.1) is 11.6 Å². The Morgan fingerprint density at radius 3 is 2.83 bits per heavy atom. The lowest BCUT2D eigenvalue weighted by molar-refractivity contribution is 0.0139. The molecule has 23 heavy (non-hydrogen) atoms. The Bertz CT molecular complexity index is 559. The molecule has 1 saturated heterocycles. The van der Waals surface area contributed by atoms with Crippen LogP contribution in [0.4, 0.5) is 4.79 Å². The highest BCUT2D eigenvalue weighted by atomic mass is 127. The highest BCUT2D eigenvalue weighted by molar-refractivity contribution is 14.1. The van der Waals surface area contributed by atoms with Crippen molar-refractivity contribution in [3.8, 4) is 5.75 Å². The molecule has 6 heteroatoms. The molecule has 1 heterocycles. The third-order valence-electron chi connectivity index (χ3n) is 3.55. The zero-order valence-electron chi connectivity index (χ0n) is 13.8. The van der Waals surface area contributed by atoms with Crippen LogP contribution in [0, 0.1) is 9.49 Å². The molecule has 0 saturated carbocycles. The second-order valence-corrected chi connectivity index (χ2v) is 8.39. The average Bonchev–Trinajstić information content (AvgIpc) is 2.47. The molecule has 1 aromatic rings. The third kappa shape index (κ3) is 6.03. The first kappa shape index (κ1) is 18.6. The molecular formula is C17H23ClINO3. The van der Waals surface area contributed by atoms with E-state index in [1.807, 2.05) is 39.0 Å². The molecule has 0 radical (unpaired) electrons. The second-order valence-electron chi connectivity index (χ2n) is 6.82. The zero-order valence-corrected chi connectivity index (χ0v) is 16.7. The van der Waals surface area contributed by atoms with Crippen molar-refractivity contribution >= 4 is 40.3 Å². The monoisotopic (exact) mass is 451 g/mol. The van der Waals surface area contributed by atoms with Crippen LogP contribution in [-0.2, 0) is 4.74 Å². The number of rotatable bonds is 3. The molecule has 1 fully saturated rings. The number of amides is 1. The Hall–Kier alpha value is -0.690. The van der Waals surface area contributed by atoms with Gasteiger partial charge in [-0.15, -0.1) is 0 Å². The lowest BCUT2D eigenvalue weighted by atomic mass is 9.99. The first-order chi connectivity index (χ1) is 10.7. The molecule has 0 aromatic heterocycles. The van der Waals surface area contributed by atoms with Gasteiger partial charge in [-0.05, 0) is 74.4 Å². The highest BCUT2D eigenvalue weighted by Gasteiger charge is 2.27. The summed E-state index contributed by atoms with van der Waals surface area (Å²) in [5.74, 6) is 1.08. The minimum atomic E-state index is -0.460. The maximum absolute atomic E-state index is 12.2. The molecule has 0 N–H and O–H groups in total. The van der Waals surface area contributed by atoms with Gasteiger partial charge < -0.3 is 14.4 Å². The Kier molecular flexibility index (Phi) is 6.42. The normalized spacial score (nSPS) is 18.7. The maximum Gasteiger partial charge on any atom is 0.410 e. The summed E-state index contributed by atoms with van der Waals surface area (Å²) in [5, 5.41) is 0.696. The van der Waals surface area contributed by atoms with Crippen LogP contribution in [0.15, 0.2) is 18.2 Å². The van der Waals surface area contributed by atoms with Gasteiger partial charge in [-0.1, -0.05) is 11.6 Å². The van der Waals surface area contributed by atoms with Crippen molar-refractivity contribution in [1.82, 2.24) is 4.90 Å². The number of benzene rings is 1. The van der Waals surface area contributed by atoms with Crippen molar-refractivity contribution in [2.45, 2.75) is 39.2 Å². The van der Waals surface area contributed by atoms with Gasteiger partial charge >= 0.3 is 6.09 Å². The fraction of sp³-hybridized carbons (Fsp3) is 0.588. The van der Waals surface area contributed by atoms with Crippen molar-refractivity contribution in [2.24, 2.45) is 5.92 Å². The van der Waals surface area contributed by atoms with Crippen LogP contribution in [0.25, 0.3) is 0 Å². The molecule has 0 spiro atoms. The van der Waals surface area contributed by atoms with Crippen molar-refractivity contribution in [3.05, 3.63) is 26.8 Å². The van der Waals surface area contributed by atoms with Crippen molar-refractivity contribution in [1.29, 1.82) is 0 Å². The lowest BCUT2D eigenvalue weighted by Gasteiger charge is -2.34. The number of ether oxygens (including phenoxy) is 2. The summed E-state index contributed by atoms with van der Waals surface area (Å²) < 4.78 is 12.3. The number of piperidine rings is 1. The van der Waals surface area contributed by atoms with Gasteiger partial charge in [0.2, 0.25) is 0 Å². The van der Waals surface area contributed by atoms with E-state index < -0.39 is 5.60 Å². The van der Waals surface area contributed by atoms with Gasteiger partial charge in [0.1, 0.15) is 11.4 Å². The van der Waals surface area contributed by atoms with Gasteiger partial charge in [0.25, 0.3) is 0 Å². The quantitative estimate of drug-likeness (QED) is 0.609. The van der Waals surface area contributed by atoms with E-state index in [1.54, 1.807) is 4.90 Å². The van der Waals surface area contributed by atoms with Gasteiger partial charge in [-0.2, -0.15) is 0 Å². The van der Waals surface area contributed by atoms with E-state index in [0.717, 1.165) is 28.7 Å². The maximum atomic E-state index is 12.2. The first-order valence-corrected chi connectivity index (χ1v) is 9.26. The Balaban J connectivity index is 1.86. The van der Waals surface area contributed by atoms with Crippen LogP contribution in [0.3, 0.4) is 0 Å². The van der Waals surface area contributed by atoms with Crippen molar-refractivity contribution < 1.29 is 14.3 Å². The average molecular weight is 452 g/mol. The molecule has 2 rings (SSSR count). The summed E-state index contributed by atoms with van der Waals surface area (Å²) in [7, 11) is 0. The van der Waals surface area contributed by atoms with E-state index in [2.05, 4.69) is 22.6 Å². The molecule has 1 unspecified atom stereocenters. The van der Waals surface area contributed by atoms with E-state index in [0.29, 0.717) is 24.1 Å². The Morgan fingerprint density at radius 1 is 1.43 bits per heavy atom. The zero-order chi connectivity index (χ0) is 17.0. The summed E-state index contributed by atoms with van der Waals surface area (Å²) in [6.07, 6.45) is 1.79. The fourth-order valence-electron chi connectivity index (χ4n) is 2.47. The number of likely N-dealkylation sites (tertiary alicyclic amines) is 1.